The molecule has 1 aliphatic heterocycles. The lowest BCUT2D eigenvalue weighted by atomic mass is 9.89. The summed E-state index contributed by atoms with van der Waals surface area (Å²) in [6, 6.07) is 1.43. The summed E-state index contributed by atoms with van der Waals surface area (Å²) in [5, 5.41) is -0.0410. The number of sulfonamides is 1. The Morgan fingerprint density at radius 1 is 1.61 bits per heavy atom. The molecule has 5 nitrogen and oxygen atoms in total. The van der Waals surface area contributed by atoms with Gasteiger partial charge < -0.3 is 4.74 Å². The van der Waals surface area contributed by atoms with Crippen molar-refractivity contribution in [2.24, 2.45) is 5.41 Å². The van der Waals surface area contributed by atoms with Crippen LogP contribution < -0.4 is 4.72 Å². The fourth-order valence-corrected chi connectivity index (χ4v) is 3.63. The van der Waals surface area contributed by atoms with E-state index in [0.717, 1.165) is 0 Å². The minimum atomic E-state index is -3.65. The SMILES string of the molecule is CC1(CNS(=O)(=O)c2cc(Br)cnc2Cl)COC1. The van der Waals surface area contributed by atoms with E-state index in [9.17, 15) is 8.42 Å². The first-order chi connectivity index (χ1) is 8.32. The second kappa shape index (κ2) is 5.05. The second-order valence-electron chi connectivity index (χ2n) is 4.57. The van der Waals surface area contributed by atoms with E-state index < -0.39 is 10.0 Å². The highest BCUT2D eigenvalue weighted by Crippen LogP contribution is 2.27. The average Bonchev–Trinajstić information content (AvgIpc) is 2.27. The van der Waals surface area contributed by atoms with Gasteiger partial charge in [-0.15, -0.1) is 0 Å². The van der Waals surface area contributed by atoms with Gasteiger partial charge in [0.25, 0.3) is 0 Å². The van der Waals surface area contributed by atoms with E-state index in [0.29, 0.717) is 24.2 Å². The Kier molecular flexibility index (Phi) is 3.99. The van der Waals surface area contributed by atoms with Gasteiger partial charge in [-0.25, -0.2) is 18.1 Å². The third-order valence-electron chi connectivity index (χ3n) is 2.65. The summed E-state index contributed by atoms with van der Waals surface area (Å²) in [6.45, 7) is 3.39. The van der Waals surface area contributed by atoms with Crippen molar-refractivity contribution >= 4 is 37.6 Å². The predicted octanol–water partition coefficient (Wildman–Crippen LogP) is 1.81. The topological polar surface area (TPSA) is 68.3 Å². The first-order valence-electron chi connectivity index (χ1n) is 5.21. The first kappa shape index (κ1) is 14.2. The van der Waals surface area contributed by atoms with E-state index >= 15 is 0 Å². The van der Waals surface area contributed by atoms with Gasteiger partial charge in [-0.2, -0.15) is 0 Å². The molecule has 1 aliphatic rings. The minimum Gasteiger partial charge on any atom is -0.380 e. The molecule has 0 saturated carbocycles. The van der Waals surface area contributed by atoms with Crippen molar-refractivity contribution in [2.45, 2.75) is 11.8 Å². The maximum atomic E-state index is 12.1. The van der Waals surface area contributed by atoms with Crippen molar-refractivity contribution < 1.29 is 13.2 Å². The van der Waals surface area contributed by atoms with Crippen LogP contribution in [0, 0.1) is 5.41 Å². The predicted molar refractivity (Wildman–Crippen MR) is 71.1 cm³/mol. The van der Waals surface area contributed by atoms with Gasteiger partial charge in [-0.05, 0) is 22.0 Å². The molecule has 100 valence electrons. The highest BCUT2D eigenvalue weighted by Gasteiger charge is 2.35. The van der Waals surface area contributed by atoms with Crippen molar-refractivity contribution in [1.29, 1.82) is 0 Å². The molecule has 8 heteroatoms. The summed E-state index contributed by atoms with van der Waals surface area (Å²) in [6.07, 6.45) is 1.45. The standard InChI is InChI=1S/C10H12BrClN2O3S/c1-10(5-17-6-10)4-14-18(15,16)8-2-7(11)3-13-9(8)12/h2-3,14H,4-6H2,1H3. The molecule has 0 amide bonds. The summed E-state index contributed by atoms with van der Waals surface area (Å²) in [4.78, 5) is 3.77. The Labute approximate surface area is 119 Å². The van der Waals surface area contributed by atoms with Crippen molar-refractivity contribution in [2.75, 3.05) is 19.8 Å². The third-order valence-corrected chi connectivity index (χ3v) is 4.91. The molecule has 0 spiro atoms. The van der Waals surface area contributed by atoms with E-state index in [1.54, 1.807) is 0 Å². The van der Waals surface area contributed by atoms with Crippen molar-refractivity contribution in [1.82, 2.24) is 9.71 Å². The zero-order valence-corrected chi connectivity index (χ0v) is 12.8. The number of hydrogen-bond donors (Lipinski definition) is 1. The summed E-state index contributed by atoms with van der Waals surface area (Å²) < 4.78 is 32.4. The van der Waals surface area contributed by atoms with Gasteiger partial charge in [0.2, 0.25) is 10.0 Å². The second-order valence-corrected chi connectivity index (χ2v) is 7.58. The fourth-order valence-electron chi connectivity index (χ4n) is 1.49. The average molecular weight is 356 g/mol. The van der Waals surface area contributed by atoms with Crippen molar-refractivity contribution in [3.05, 3.63) is 21.9 Å². The van der Waals surface area contributed by atoms with Crippen LogP contribution in [0.15, 0.2) is 21.6 Å². The minimum absolute atomic E-state index is 0.0256. The molecule has 1 fully saturated rings. The van der Waals surface area contributed by atoms with Crippen LogP contribution >= 0.6 is 27.5 Å². The van der Waals surface area contributed by atoms with Crippen LogP contribution in [-0.2, 0) is 14.8 Å². The largest absolute Gasteiger partial charge is 0.380 e. The quantitative estimate of drug-likeness (QED) is 0.837. The Morgan fingerprint density at radius 3 is 2.83 bits per heavy atom. The van der Waals surface area contributed by atoms with Crippen LogP contribution in [0.3, 0.4) is 0 Å². The van der Waals surface area contributed by atoms with Gasteiger partial charge in [-0.3, -0.25) is 0 Å². The Hall–Kier alpha value is -0.210. The first-order valence-corrected chi connectivity index (χ1v) is 7.86. The summed E-state index contributed by atoms with van der Waals surface area (Å²) in [7, 11) is -3.65. The lowest BCUT2D eigenvalue weighted by Crippen LogP contribution is -2.48. The Balaban J connectivity index is 2.17. The number of halogens is 2. The van der Waals surface area contributed by atoms with E-state index in [-0.39, 0.29) is 15.5 Å². The van der Waals surface area contributed by atoms with Crippen molar-refractivity contribution in [3.8, 4) is 0 Å². The Morgan fingerprint density at radius 2 is 2.28 bits per heavy atom. The smallest absolute Gasteiger partial charge is 0.243 e. The monoisotopic (exact) mass is 354 g/mol. The molecular formula is C10H12BrClN2O3S. The van der Waals surface area contributed by atoms with E-state index in [2.05, 4.69) is 25.6 Å². The van der Waals surface area contributed by atoms with Gasteiger partial charge in [0.1, 0.15) is 10.0 Å². The summed E-state index contributed by atoms with van der Waals surface area (Å²) in [5.41, 5.74) is -0.140. The molecule has 0 bridgehead atoms. The van der Waals surface area contributed by atoms with Gasteiger partial charge >= 0.3 is 0 Å². The molecule has 2 heterocycles. The highest BCUT2D eigenvalue weighted by atomic mass is 79.9. The van der Waals surface area contributed by atoms with Crippen LogP contribution in [0.5, 0.6) is 0 Å². The van der Waals surface area contributed by atoms with E-state index in [1.165, 1.54) is 12.3 Å². The number of hydrogen-bond acceptors (Lipinski definition) is 4. The summed E-state index contributed by atoms with van der Waals surface area (Å²) >= 11 is 8.97. The van der Waals surface area contributed by atoms with Gasteiger partial charge in [-0.1, -0.05) is 18.5 Å². The highest BCUT2D eigenvalue weighted by molar-refractivity contribution is 9.10. The molecule has 0 unspecified atom stereocenters. The van der Waals surface area contributed by atoms with E-state index in [4.69, 9.17) is 16.3 Å². The van der Waals surface area contributed by atoms with Crippen LogP contribution in [-0.4, -0.2) is 33.2 Å². The molecule has 1 saturated heterocycles. The summed E-state index contributed by atoms with van der Waals surface area (Å²) in [5.74, 6) is 0. The normalized spacial score (nSPS) is 18.4. The molecule has 2 rings (SSSR count). The maximum absolute atomic E-state index is 12.1. The molecule has 0 atom stereocenters. The maximum Gasteiger partial charge on any atom is 0.243 e. The lowest BCUT2D eigenvalue weighted by molar-refractivity contribution is -0.0965. The number of nitrogens with one attached hydrogen (secondary N) is 1. The molecule has 0 radical (unpaired) electrons. The van der Waals surface area contributed by atoms with Gasteiger partial charge in [0.15, 0.2) is 0 Å². The zero-order valence-electron chi connectivity index (χ0n) is 9.61. The van der Waals surface area contributed by atoms with Crippen LogP contribution in [0.2, 0.25) is 5.15 Å². The number of rotatable bonds is 4. The van der Waals surface area contributed by atoms with Gasteiger partial charge in [0, 0.05) is 22.6 Å². The molecule has 18 heavy (non-hydrogen) atoms. The number of pyridine rings is 1. The van der Waals surface area contributed by atoms with E-state index in [1.807, 2.05) is 6.92 Å². The zero-order chi connectivity index (χ0) is 13.4. The van der Waals surface area contributed by atoms with Crippen LogP contribution in [0.25, 0.3) is 0 Å². The van der Waals surface area contributed by atoms with Crippen LogP contribution in [0.1, 0.15) is 6.92 Å². The fraction of sp³-hybridized carbons (Fsp3) is 0.500. The van der Waals surface area contributed by atoms with Gasteiger partial charge in [0.05, 0.1) is 13.2 Å². The molecule has 0 aliphatic carbocycles. The van der Waals surface area contributed by atoms with Crippen molar-refractivity contribution in [3.63, 3.8) is 0 Å². The molecule has 1 N–H and O–H groups in total. The Bertz CT molecular complexity index is 560. The number of ether oxygens (including phenoxy) is 1. The van der Waals surface area contributed by atoms with Crippen LogP contribution in [0.4, 0.5) is 0 Å². The molecule has 0 aromatic carbocycles. The number of nitrogens with zero attached hydrogens (tertiary/aromatic N) is 1. The third kappa shape index (κ3) is 3.03. The molecule has 1 aromatic heterocycles. The molecule has 1 aromatic rings. The number of aromatic nitrogens is 1. The molecular weight excluding hydrogens is 344 g/mol. The lowest BCUT2D eigenvalue weighted by Gasteiger charge is -2.37.